The van der Waals surface area contributed by atoms with Crippen LogP contribution in [0.3, 0.4) is 0 Å². The minimum Gasteiger partial charge on any atom is -0.496 e. The molecule has 1 unspecified atom stereocenters. The van der Waals surface area contributed by atoms with E-state index in [1.54, 1.807) is 7.11 Å². The van der Waals surface area contributed by atoms with Crippen molar-refractivity contribution in [1.29, 1.82) is 0 Å². The van der Waals surface area contributed by atoms with Crippen LogP contribution in [-0.4, -0.2) is 7.11 Å². The first-order valence-corrected chi connectivity index (χ1v) is 7.46. The van der Waals surface area contributed by atoms with E-state index in [0.29, 0.717) is 0 Å². The lowest BCUT2D eigenvalue weighted by atomic mass is 9.97. The van der Waals surface area contributed by atoms with Gasteiger partial charge in [0.1, 0.15) is 5.75 Å². The summed E-state index contributed by atoms with van der Waals surface area (Å²) in [6.07, 6.45) is 0. The monoisotopic (exact) mass is 383 g/mol. The van der Waals surface area contributed by atoms with E-state index in [-0.39, 0.29) is 6.04 Å². The summed E-state index contributed by atoms with van der Waals surface area (Å²) in [5.41, 5.74) is 9.57. The van der Waals surface area contributed by atoms with Crippen molar-refractivity contribution in [3.05, 3.63) is 62.0 Å². The lowest BCUT2D eigenvalue weighted by molar-refractivity contribution is 0.407. The van der Waals surface area contributed by atoms with Gasteiger partial charge in [-0.3, -0.25) is 0 Å². The summed E-state index contributed by atoms with van der Waals surface area (Å²) in [5.74, 6) is 0.802. The predicted octanol–water partition coefficient (Wildman–Crippen LogP) is 4.58. The van der Waals surface area contributed by atoms with Crippen LogP contribution in [0.5, 0.6) is 5.75 Å². The van der Waals surface area contributed by atoms with Crippen LogP contribution in [0.2, 0.25) is 0 Å². The van der Waals surface area contributed by atoms with Crippen LogP contribution >= 0.6 is 31.9 Å². The van der Waals surface area contributed by atoms with Crippen molar-refractivity contribution < 1.29 is 4.74 Å². The van der Waals surface area contributed by atoms with Gasteiger partial charge >= 0.3 is 0 Å². The number of nitrogens with two attached hydrogens (primary N) is 1. The normalized spacial score (nSPS) is 12.3. The van der Waals surface area contributed by atoms with E-state index in [1.165, 1.54) is 5.56 Å². The second kappa shape index (κ2) is 6.07. The fourth-order valence-electron chi connectivity index (χ4n) is 1.99. The first-order valence-electron chi connectivity index (χ1n) is 5.88. The van der Waals surface area contributed by atoms with Crippen molar-refractivity contribution in [3.63, 3.8) is 0 Å². The highest BCUT2D eigenvalue weighted by atomic mass is 79.9. The summed E-state index contributed by atoms with van der Waals surface area (Å²) in [4.78, 5) is 0. The van der Waals surface area contributed by atoms with Gasteiger partial charge in [-0.1, -0.05) is 44.0 Å². The van der Waals surface area contributed by atoms with Gasteiger partial charge in [0.05, 0.1) is 13.2 Å². The molecule has 2 aromatic carbocycles. The van der Waals surface area contributed by atoms with Crippen LogP contribution in [0.15, 0.2) is 45.3 Å². The van der Waals surface area contributed by atoms with Crippen LogP contribution in [0, 0.1) is 6.92 Å². The molecule has 0 aromatic heterocycles. The molecule has 0 saturated carbocycles. The number of methoxy groups -OCH3 is 1. The van der Waals surface area contributed by atoms with Crippen LogP contribution in [0.4, 0.5) is 0 Å². The topological polar surface area (TPSA) is 35.2 Å². The van der Waals surface area contributed by atoms with Gasteiger partial charge in [0.25, 0.3) is 0 Å². The molecule has 0 heterocycles. The first-order chi connectivity index (χ1) is 9.02. The Kier molecular flexibility index (Phi) is 4.66. The smallest absolute Gasteiger partial charge is 0.124 e. The molecular formula is C15H15Br2NO. The molecule has 1 atom stereocenters. The molecule has 0 radical (unpaired) electrons. The summed E-state index contributed by atoms with van der Waals surface area (Å²) in [5, 5.41) is 0. The number of hydrogen-bond acceptors (Lipinski definition) is 2. The third kappa shape index (κ3) is 3.19. The van der Waals surface area contributed by atoms with Crippen LogP contribution < -0.4 is 10.5 Å². The van der Waals surface area contributed by atoms with Gasteiger partial charge in [-0.2, -0.15) is 0 Å². The number of benzene rings is 2. The number of ether oxygens (including phenoxy) is 1. The van der Waals surface area contributed by atoms with Crippen molar-refractivity contribution >= 4 is 31.9 Å². The molecule has 0 aliphatic carbocycles. The minimum absolute atomic E-state index is 0.209. The van der Waals surface area contributed by atoms with E-state index in [2.05, 4.69) is 44.8 Å². The van der Waals surface area contributed by atoms with Crippen molar-refractivity contribution in [2.24, 2.45) is 5.73 Å². The third-order valence-electron chi connectivity index (χ3n) is 3.07. The van der Waals surface area contributed by atoms with E-state index in [0.717, 1.165) is 25.8 Å². The predicted molar refractivity (Wildman–Crippen MR) is 85.6 cm³/mol. The zero-order valence-electron chi connectivity index (χ0n) is 10.8. The summed E-state index contributed by atoms with van der Waals surface area (Å²) in [6, 6.07) is 11.8. The summed E-state index contributed by atoms with van der Waals surface area (Å²) < 4.78 is 7.47. The zero-order valence-corrected chi connectivity index (χ0v) is 14.0. The summed E-state index contributed by atoms with van der Waals surface area (Å²) >= 11 is 6.98. The van der Waals surface area contributed by atoms with E-state index >= 15 is 0 Å². The molecule has 0 bridgehead atoms. The lowest BCUT2D eigenvalue weighted by Gasteiger charge is -2.17. The maximum absolute atomic E-state index is 6.36. The maximum Gasteiger partial charge on any atom is 0.124 e. The average molecular weight is 385 g/mol. The maximum atomic E-state index is 6.36. The highest BCUT2D eigenvalue weighted by Gasteiger charge is 2.15. The Hall–Kier alpha value is -0.840. The van der Waals surface area contributed by atoms with E-state index in [1.807, 2.05) is 30.3 Å². The van der Waals surface area contributed by atoms with Crippen LogP contribution in [0.25, 0.3) is 0 Å². The molecule has 2 aromatic rings. The van der Waals surface area contributed by atoms with Gasteiger partial charge in [-0.15, -0.1) is 0 Å². The Bertz CT molecular complexity index is 599. The van der Waals surface area contributed by atoms with Crippen molar-refractivity contribution in [3.8, 4) is 5.75 Å². The zero-order chi connectivity index (χ0) is 14.0. The van der Waals surface area contributed by atoms with E-state index < -0.39 is 0 Å². The molecule has 0 amide bonds. The van der Waals surface area contributed by atoms with Crippen molar-refractivity contribution in [1.82, 2.24) is 0 Å². The first kappa shape index (κ1) is 14.6. The highest BCUT2D eigenvalue weighted by molar-refractivity contribution is 9.10. The molecule has 0 aliphatic rings. The van der Waals surface area contributed by atoms with E-state index in [4.69, 9.17) is 10.5 Å². The number of hydrogen-bond donors (Lipinski definition) is 1. The fourth-order valence-corrected chi connectivity index (χ4v) is 2.61. The lowest BCUT2D eigenvalue weighted by Crippen LogP contribution is -2.13. The Morgan fingerprint density at radius 3 is 2.47 bits per heavy atom. The second-order valence-electron chi connectivity index (χ2n) is 4.37. The van der Waals surface area contributed by atoms with E-state index in [9.17, 15) is 0 Å². The Labute approximate surface area is 130 Å². The van der Waals surface area contributed by atoms with Gasteiger partial charge in [-0.05, 0) is 42.3 Å². The largest absolute Gasteiger partial charge is 0.496 e. The molecule has 0 aliphatic heterocycles. The standard InChI is InChI=1S/C15H15Br2NO/c1-9-7-10(3-5-13(9)17)15(18)12-8-11(16)4-6-14(12)19-2/h3-8,15H,18H2,1-2H3. The highest BCUT2D eigenvalue weighted by Crippen LogP contribution is 2.32. The Balaban J connectivity index is 2.45. The minimum atomic E-state index is -0.209. The summed E-state index contributed by atoms with van der Waals surface area (Å²) in [7, 11) is 1.66. The SMILES string of the molecule is COc1ccc(Br)cc1C(N)c1ccc(Br)c(C)c1. The van der Waals surface area contributed by atoms with Crippen LogP contribution in [0.1, 0.15) is 22.7 Å². The van der Waals surface area contributed by atoms with Crippen LogP contribution in [-0.2, 0) is 0 Å². The second-order valence-corrected chi connectivity index (χ2v) is 6.14. The number of aryl methyl sites for hydroxylation is 1. The van der Waals surface area contributed by atoms with Gasteiger partial charge < -0.3 is 10.5 Å². The number of halogens is 2. The fraction of sp³-hybridized carbons (Fsp3) is 0.200. The molecule has 2 rings (SSSR count). The quantitative estimate of drug-likeness (QED) is 0.840. The average Bonchev–Trinajstić information content (AvgIpc) is 2.41. The molecular weight excluding hydrogens is 370 g/mol. The summed E-state index contributed by atoms with van der Waals surface area (Å²) in [6.45, 7) is 2.05. The van der Waals surface area contributed by atoms with Gasteiger partial charge in [0.2, 0.25) is 0 Å². The molecule has 19 heavy (non-hydrogen) atoms. The van der Waals surface area contributed by atoms with Crippen molar-refractivity contribution in [2.75, 3.05) is 7.11 Å². The molecule has 4 heteroatoms. The molecule has 0 saturated heterocycles. The Morgan fingerprint density at radius 1 is 1.11 bits per heavy atom. The molecule has 2 N–H and O–H groups in total. The van der Waals surface area contributed by atoms with Gasteiger partial charge in [-0.25, -0.2) is 0 Å². The third-order valence-corrected chi connectivity index (χ3v) is 4.45. The molecule has 0 spiro atoms. The molecule has 0 fully saturated rings. The molecule has 2 nitrogen and oxygen atoms in total. The number of rotatable bonds is 3. The molecule has 100 valence electrons. The van der Waals surface area contributed by atoms with Crippen molar-refractivity contribution in [2.45, 2.75) is 13.0 Å². The Morgan fingerprint density at radius 2 is 1.84 bits per heavy atom. The van der Waals surface area contributed by atoms with Gasteiger partial charge in [0, 0.05) is 14.5 Å². The van der Waals surface area contributed by atoms with Gasteiger partial charge in [0.15, 0.2) is 0 Å².